The van der Waals surface area contributed by atoms with Gasteiger partial charge in [-0.15, -0.1) is 11.6 Å². The fourth-order valence-electron chi connectivity index (χ4n) is 1.35. The molecular formula is C8H13ClO. The van der Waals surface area contributed by atoms with E-state index in [-0.39, 0.29) is 5.38 Å². The molecule has 0 bridgehead atoms. The Labute approximate surface area is 67.0 Å². The highest BCUT2D eigenvalue weighted by Crippen LogP contribution is 2.27. The molecular weight excluding hydrogens is 148 g/mol. The van der Waals surface area contributed by atoms with Gasteiger partial charge in [-0.2, -0.15) is 0 Å². The first-order valence-electron chi connectivity index (χ1n) is 3.56. The molecule has 1 fully saturated rings. The first kappa shape index (κ1) is 8.09. The van der Waals surface area contributed by atoms with Crippen molar-refractivity contribution in [1.82, 2.24) is 0 Å². The van der Waals surface area contributed by atoms with Gasteiger partial charge in [-0.3, -0.25) is 0 Å². The lowest BCUT2D eigenvalue weighted by Gasteiger charge is -2.25. The smallest absolute Gasteiger partial charge is 0.0622 e. The summed E-state index contributed by atoms with van der Waals surface area (Å²) in [5.41, 5.74) is 1.22. The molecule has 1 aliphatic carbocycles. The number of halogens is 1. The molecule has 0 aromatic carbocycles. The fourth-order valence-corrected chi connectivity index (χ4v) is 1.77. The van der Waals surface area contributed by atoms with Gasteiger partial charge in [0, 0.05) is 12.5 Å². The van der Waals surface area contributed by atoms with Crippen LogP contribution < -0.4 is 0 Å². The summed E-state index contributed by atoms with van der Waals surface area (Å²) < 4.78 is 5.19. The largest absolute Gasteiger partial charge is 0.381 e. The van der Waals surface area contributed by atoms with Crippen molar-refractivity contribution in [1.29, 1.82) is 0 Å². The molecule has 0 amide bonds. The van der Waals surface area contributed by atoms with Crippen molar-refractivity contribution in [2.45, 2.75) is 30.7 Å². The maximum absolute atomic E-state index is 5.94. The number of methoxy groups -OCH3 is 1. The van der Waals surface area contributed by atoms with Crippen molar-refractivity contribution in [2.75, 3.05) is 7.11 Å². The van der Waals surface area contributed by atoms with Gasteiger partial charge >= 0.3 is 0 Å². The second kappa shape index (κ2) is 3.40. The zero-order chi connectivity index (χ0) is 7.56. The lowest BCUT2D eigenvalue weighted by atomic mass is 9.93. The fraction of sp³-hybridized carbons (Fsp3) is 0.750. The van der Waals surface area contributed by atoms with Gasteiger partial charge in [0.05, 0.1) is 6.10 Å². The van der Waals surface area contributed by atoms with E-state index in [0.29, 0.717) is 6.10 Å². The van der Waals surface area contributed by atoms with Gasteiger partial charge in [-0.05, 0) is 19.3 Å². The van der Waals surface area contributed by atoms with Crippen molar-refractivity contribution < 1.29 is 4.74 Å². The molecule has 1 aliphatic rings. The normalized spacial score (nSPS) is 34.4. The molecule has 0 saturated heterocycles. The van der Waals surface area contributed by atoms with E-state index in [1.54, 1.807) is 7.11 Å². The Morgan fingerprint density at radius 1 is 1.60 bits per heavy atom. The molecule has 10 heavy (non-hydrogen) atoms. The van der Waals surface area contributed by atoms with Gasteiger partial charge in [0.25, 0.3) is 0 Å². The van der Waals surface area contributed by atoms with Crippen LogP contribution in [0.25, 0.3) is 0 Å². The van der Waals surface area contributed by atoms with E-state index in [9.17, 15) is 0 Å². The quantitative estimate of drug-likeness (QED) is 0.423. The van der Waals surface area contributed by atoms with Crippen LogP contribution in [0, 0.1) is 0 Å². The molecule has 0 aromatic heterocycles. The lowest BCUT2D eigenvalue weighted by molar-refractivity contribution is 0.0862. The third-order valence-electron chi connectivity index (χ3n) is 1.88. The number of hydrogen-bond donors (Lipinski definition) is 0. The van der Waals surface area contributed by atoms with Crippen LogP contribution in [0.5, 0.6) is 0 Å². The molecule has 2 unspecified atom stereocenters. The van der Waals surface area contributed by atoms with E-state index in [0.717, 1.165) is 19.3 Å². The summed E-state index contributed by atoms with van der Waals surface area (Å²) >= 11 is 5.94. The number of ether oxygens (including phenoxy) is 1. The molecule has 1 rings (SSSR count). The Balaban J connectivity index is 2.42. The Hall–Kier alpha value is -0.0100. The van der Waals surface area contributed by atoms with E-state index in [1.807, 2.05) is 0 Å². The van der Waals surface area contributed by atoms with E-state index in [4.69, 9.17) is 16.3 Å². The van der Waals surface area contributed by atoms with Crippen LogP contribution in [0.15, 0.2) is 12.2 Å². The maximum Gasteiger partial charge on any atom is 0.0622 e. The SMILES string of the molecule is C=C1CC(Cl)CC(OC)C1. The van der Waals surface area contributed by atoms with Crippen molar-refractivity contribution >= 4 is 11.6 Å². The highest BCUT2D eigenvalue weighted by atomic mass is 35.5. The Kier molecular flexibility index (Phi) is 2.75. The molecule has 2 heteroatoms. The summed E-state index contributed by atoms with van der Waals surface area (Å²) in [6, 6.07) is 0. The van der Waals surface area contributed by atoms with E-state index in [1.165, 1.54) is 5.57 Å². The monoisotopic (exact) mass is 160 g/mol. The van der Waals surface area contributed by atoms with E-state index < -0.39 is 0 Å². The number of hydrogen-bond acceptors (Lipinski definition) is 1. The van der Waals surface area contributed by atoms with Crippen LogP contribution in [0.2, 0.25) is 0 Å². The predicted octanol–water partition coefficient (Wildman–Crippen LogP) is 2.35. The second-order valence-corrected chi connectivity index (χ2v) is 3.47. The molecule has 0 aliphatic heterocycles. The van der Waals surface area contributed by atoms with E-state index >= 15 is 0 Å². The average Bonchev–Trinajstić information content (AvgIpc) is 1.85. The number of alkyl halides is 1. The highest BCUT2D eigenvalue weighted by Gasteiger charge is 2.21. The van der Waals surface area contributed by atoms with Crippen molar-refractivity contribution in [3.05, 3.63) is 12.2 Å². The van der Waals surface area contributed by atoms with Gasteiger partial charge < -0.3 is 4.74 Å². The summed E-state index contributed by atoms with van der Waals surface area (Å²) in [5.74, 6) is 0. The minimum Gasteiger partial charge on any atom is -0.381 e. The Morgan fingerprint density at radius 2 is 2.30 bits per heavy atom. The molecule has 0 radical (unpaired) electrons. The zero-order valence-electron chi connectivity index (χ0n) is 6.27. The van der Waals surface area contributed by atoms with Gasteiger partial charge in [-0.25, -0.2) is 0 Å². The van der Waals surface area contributed by atoms with Crippen molar-refractivity contribution in [3.8, 4) is 0 Å². The molecule has 0 spiro atoms. The summed E-state index contributed by atoms with van der Waals surface area (Å²) in [6.45, 7) is 3.90. The summed E-state index contributed by atoms with van der Waals surface area (Å²) in [7, 11) is 1.73. The molecule has 1 nitrogen and oxygen atoms in total. The van der Waals surface area contributed by atoms with Gasteiger partial charge in [0.2, 0.25) is 0 Å². The van der Waals surface area contributed by atoms with Crippen molar-refractivity contribution in [2.24, 2.45) is 0 Å². The van der Waals surface area contributed by atoms with Crippen LogP contribution in [-0.2, 0) is 4.74 Å². The maximum atomic E-state index is 5.94. The molecule has 0 N–H and O–H groups in total. The predicted molar refractivity (Wildman–Crippen MR) is 43.4 cm³/mol. The van der Waals surface area contributed by atoms with Gasteiger partial charge in [0.1, 0.15) is 0 Å². The summed E-state index contributed by atoms with van der Waals surface area (Å²) in [6.07, 6.45) is 3.22. The first-order valence-corrected chi connectivity index (χ1v) is 3.99. The van der Waals surface area contributed by atoms with Gasteiger partial charge in [-0.1, -0.05) is 12.2 Å². The number of rotatable bonds is 1. The molecule has 0 aromatic rings. The zero-order valence-corrected chi connectivity index (χ0v) is 7.03. The Bertz CT molecular complexity index is 133. The topological polar surface area (TPSA) is 9.23 Å². The van der Waals surface area contributed by atoms with Crippen LogP contribution in [0.3, 0.4) is 0 Å². The van der Waals surface area contributed by atoms with Crippen LogP contribution in [0.1, 0.15) is 19.3 Å². The van der Waals surface area contributed by atoms with Crippen molar-refractivity contribution in [3.63, 3.8) is 0 Å². The molecule has 2 atom stereocenters. The van der Waals surface area contributed by atoms with E-state index in [2.05, 4.69) is 6.58 Å². The lowest BCUT2D eigenvalue weighted by Crippen LogP contribution is -2.22. The van der Waals surface area contributed by atoms with Crippen LogP contribution >= 0.6 is 11.6 Å². The third kappa shape index (κ3) is 1.99. The minimum absolute atomic E-state index is 0.242. The molecule has 58 valence electrons. The molecule has 0 heterocycles. The van der Waals surface area contributed by atoms with Crippen LogP contribution in [0.4, 0.5) is 0 Å². The highest BCUT2D eigenvalue weighted by molar-refractivity contribution is 6.20. The molecule has 1 saturated carbocycles. The van der Waals surface area contributed by atoms with Crippen LogP contribution in [-0.4, -0.2) is 18.6 Å². The summed E-state index contributed by atoms with van der Waals surface area (Å²) in [4.78, 5) is 0. The minimum atomic E-state index is 0.242. The third-order valence-corrected chi connectivity index (χ3v) is 2.21. The average molecular weight is 161 g/mol. The Morgan fingerprint density at radius 3 is 2.80 bits per heavy atom. The standard InChI is InChI=1S/C8H13ClO/c1-6-3-7(9)5-8(4-6)10-2/h7-8H,1,3-5H2,2H3. The summed E-state index contributed by atoms with van der Waals surface area (Å²) in [5, 5.41) is 0.242. The van der Waals surface area contributed by atoms with Gasteiger partial charge in [0.15, 0.2) is 0 Å². The second-order valence-electron chi connectivity index (χ2n) is 2.85. The first-order chi connectivity index (χ1) is 4.72.